The molecule has 1 aromatic rings. The first-order chi connectivity index (χ1) is 9.33. The third-order valence-electron chi connectivity index (χ3n) is 3.61. The van der Waals surface area contributed by atoms with Crippen molar-refractivity contribution in [1.29, 1.82) is 0 Å². The number of benzene rings is 1. The Morgan fingerprint density at radius 2 is 2.05 bits per heavy atom. The first-order valence-corrected chi connectivity index (χ1v) is 7.50. The van der Waals surface area contributed by atoms with Gasteiger partial charge < -0.3 is 10.5 Å². The molecule has 1 aromatic carbocycles. The highest BCUT2D eigenvalue weighted by Crippen LogP contribution is 2.24. The maximum absolute atomic E-state index is 5.87. The monoisotopic (exact) mass is 262 g/mol. The van der Waals surface area contributed by atoms with Gasteiger partial charge in [0.05, 0.1) is 6.61 Å². The van der Waals surface area contributed by atoms with Gasteiger partial charge in [-0.15, -0.1) is 0 Å². The molecule has 0 bridgehead atoms. The lowest BCUT2D eigenvalue weighted by Crippen LogP contribution is -2.19. The fourth-order valence-corrected chi connectivity index (χ4v) is 2.61. The van der Waals surface area contributed by atoms with Crippen LogP contribution in [0.3, 0.4) is 0 Å². The van der Waals surface area contributed by atoms with E-state index in [9.17, 15) is 0 Å². The molecule has 1 aliphatic heterocycles. The maximum atomic E-state index is 5.87. The highest BCUT2D eigenvalue weighted by molar-refractivity contribution is 5.37. The van der Waals surface area contributed by atoms with Gasteiger partial charge in [0.2, 0.25) is 0 Å². The number of likely N-dealkylation sites (tertiary alicyclic amines) is 1. The standard InChI is InChI=1S/C16H26N2O/c1-2-11-19-16-6-5-14(7-8-17)12-15(16)13-18-9-3-4-10-18/h5-6,12H,2-4,7-11,13,17H2,1H3. The Bertz CT molecular complexity index is 386. The molecule has 1 fully saturated rings. The summed E-state index contributed by atoms with van der Waals surface area (Å²) in [7, 11) is 0. The molecular weight excluding hydrogens is 236 g/mol. The Morgan fingerprint density at radius 1 is 1.26 bits per heavy atom. The average Bonchev–Trinajstić information content (AvgIpc) is 2.91. The first kappa shape index (κ1) is 14.4. The van der Waals surface area contributed by atoms with Gasteiger partial charge in [-0.05, 0) is 56.9 Å². The largest absolute Gasteiger partial charge is 0.493 e. The Labute approximate surface area is 116 Å². The summed E-state index contributed by atoms with van der Waals surface area (Å²) in [4.78, 5) is 2.51. The lowest BCUT2D eigenvalue weighted by molar-refractivity contribution is 0.293. The topological polar surface area (TPSA) is 38.5 Å². The summed E-state index contributed by atoms with van der Waals surface area (Å²) < 4.78 is 5.87. The van der Waals surface area contributed by atoms with Crippen LogP contribution in [0.1, 0.15) is 37.3 Å². The van der Waals surface area contributed by atoms with E-state index in [1.54, 1.807) is 0 Å². The summed E-state index contributed by atoms with van der Waals surface area (Å²) in [6.07, 6.45) is 4.65. The van der Waals surface area contributed by atoms with E-state index in [1.165, 1.54) is 37.1 Å². The van der Waals surface area contributed by atoms with Crippen LogP contribution in [0.15, 0.2) is 18.2 Å². The van der Waals surface area contributed by atoms with Gasteiger partial charge in [0.15, 0.2) is 0 Å². The van der Waals surface area contributed by atoms with Gasteiger partial charge in [-0.3, -0.25) is 4.90 Å². The van der Waals surface area contributed by atoms with E-state index < -0.39 is 0 Å². The van der Waals surface area contributed by atoms with Crippen LogP contribution in [0.25, 0.3) is 0 Å². The molecule has 0 aliphatic carbocycles. The van der Waals surface area contributed by atoms with Gasteiger partial charge in [-0.25, -0.2) is 0 Å². The van der Waals surface area contributed by atoms with Crippen LogP contribution in [0.4, 0.5) is 0 Å². The summed E-state index contributed by atoms with van der Waals surface area (Å²) >= 11 is 0. The molecular formula is C16H26N2O. The minimum Gasteiger partial charge on any atom is -0.493 e. The second-order valence-corrected chi connectivity index (χ2v) is 5.31. The minimum atomic E-state index is 0.707. The summed E-state index contributed by atoms with van der Waals surface area (Å²) in [5, 5.41) is 0. The number of hydrogen-bond acceptors (Lipinski definition) is 3. The van der Waals surface area contributed by atoms with E-state index in [0.717, 1.165) is 31.7 Å². The first-order valence-electron chi connectivity index (χ1n) is 7.50. The summed E-state index contributed by atoms with van der Waals surface area (Å²) in [5.41, 5.74) is 8.29. The molecule has 1 heterocycles. The number of ether oxygens (including phenoxy) is 1. The van der Waals surface area contributed by atoms with Crippen LogP contribution in [0, 0.1) is 0 Å². The van der Waals surface area contributed by atoms with Crippen molar-refractivity contribution in [3.8, 4) is 5.75 Å². The molecule has 0 spiro atoms. The van der Waals surface area contributed by atoms with Crippen molar-refractivity contribution in [2.45, 2.75) is 39.2 Å². The molecule has 0 saturated carbocycles. The van der Waals surface area contributed by atoms with E-state index in [0.29, 0.717) is 6.54 Å². The summed E-state index contributed by atoms with van der Waals surface area (Å²) in [6, 6.07) is 6.54. The smallest absolute Gasteiger partial charge is 0.123 e. The Kier molecular flexibility index (Phi) is 5.67. The Balaban J connectivity index is 2.11. The van der Waals surface area contributed by atoms with E-state index in [4.69, 9.17) is 10.5 Å². The lowest BCUT2D eigenvalue weighted by Gasteiger charge is -2.18. The van der Waals surface area contributed by atoms with Crippen molar-refractivity contribution >= 4 is 0 Å². The van der Waals surface area contributed by atoms with Gasteiger partial charge >= 0.3 is 0 Å². The second kappa shape index (κ2) is 7.51. The highest BCUT2D eigenvalue weighted by atomic mass is 16.5. The van der Waals surface area contributed by atoms with Crippen LogP contribution in [0.5, 0.6) is 5.75 Å². The van der Waals surface area contributed by atoms with Crippen molar-refractivity contribution < 1.29 is 4.74 Å². The molecule has 3 heteroatoms. The third kappa shape index (κ3) is 4.22. The SMILES string of the molecule is CCCOc1ccc(CCN)cc1CN1CCCC1. The molecule has 19 heavy (non-hydrogen) atoms. The quantitative estimate of drug-likeness (QED) is 0.821. The normalized spacial score (nSPS) is 15.9. The summed E-state index contributed by atoms with van der Waals surface area (Å²) in [5.74, 6) is 1.05. The van der Waals surface area contributed by atoms with Crippen LogP contribution in [-0.4, -0.2) is 31.1 Å². The number of nitrogens with zero attached hydrogens (tertiary/aromatic N) is 1. The number of nitrogens with two attached hydrogens (primary N) is 1. The molecule has 1 aliphatic rings. The van der Waals surface area contributed by atoms with Gasteiger partial charge in [-0.1, -0.05) is 19.1 Å². The van der Waals surface area contributed by atoms with Crippen molar-refractivity contribution in [3.05, 3.63) is 29.3 Å². The molecule has 0 radical (unpaired) electrons. The van der Waals surface area contributed by atoms with Crippen LogP contribution in [-0.2, 0) is 13.0 Å². The molecule has 3 nitrogen and oxygen atoms in total. The van der Waals surface area contributed by atoms with E-state index >= 15 is 0 Å². The fourth-order valence-electron chi connectivity index (χ4n) is 2.61. The molecule has 106 valence electrons. The Morgan fingerprint density at radius 3 is 2.74 bits per heavy atom. The zero-order chi connectivity index (χ0) is 13.5. The second-order valence-electron chi connectivity index (χ2n) is 5.31. The molecule has 1 saturated heterocycles. The number of hydrogen-bond donors (Lipinski definition) is 1. The zero-order valence-electron chi connectivity index (χ0n) is 12.0. The average molecular weight is 262 g/mol. The fraction of sp³-hybridized carbons (Fsp3) is 0.625. The highest BCUT2D eigenvalue weighted by Gasteiger charge is 2.14. The zero-order valence-corrected chi connectivity index (χ0v) is 12.0. The predicted octanol–water partition coefficient (Wildman–Crippen LogP) is 2.57. The van der Waals surface area contributed by atoms with Gasteiger partial charge in [-0.2, -0.15) is 0 Å². The van der Waals surface area contributed by atoms with Crippen LogP contribution < -0.4 is 10.5 Å². The van der Waals surface area contributed by atoms with Crippen LogP contribution in [0.2, 0.25) is 0 Å². The maximum Gasteiger partial charge on any atom is 0.123 e. The van der Waals surface area contributed by atoms with E-state index in [1.807, 2.05) is 0 Å². The van der Waals surface area contributed by atoms with E-state index in [2.05, 4.69) is 30.0 Å². The van der Waals surface area contributed by atoms with Crippen molar-refractivity contribution in [2.24, 2.45) is 5.73 Å². The molecule has 2 rings (SSSR count). The minimum absolute atomic E-state index is 0.707. The van der Waals surface area contributed by atoms with Crippen LogP contribution >= 0.6 is 0 Å². The third-order valence-corrected chi connectivity index (χ3v) is 3.61. The summed E-state index contributed by atoms with van der Waals surface area (Å²) in [6.45, 7) is 7.09. The van der Waals surface area contributed by atoms with Gasteiger partial charge in [0.1, 0.15) is 5.75 Å². The molecule has 2 N–H and O–H groups in total. The molecule has 0 unspecified atom stereocenters. The molecule has 0 amide bonds. The van der Waals surface area contributed by atoms with Crippen molar-refractivity contribution in [1.82, 2.24) is 4.90 Å². The van der Waals surface area contributed by atoms with Crippen molar-refractivity contribution in [3.63, 3.8) is 0 Å². The van der Waals surface area contributed by atoms with E-state index in [-0.39, 0.29) is 0 Å². The van der Waals surface area contributed by atoms with Crippen molar-refractivity contribution in [2.75, 3.05) is 26.2 Å². The van der Waals surface area contributed by atoms with Gasteiger partial charge in [0.25, 0.3) is 0 Å². The lowest BCUT2D eigenvalue weighted by atomic mass is 10.1. The Hall–Kier alpha value is -1.06. The molecule has 0 aromatic heterocycles. The predicted molar refractivity (Wildman–Crippen MR) is 79.5 cm³/mol. The van der Waals surface area contributed by atoms with Gasteiger partial charge in [0, 0.05) is 12.1 Å². The molecule has 0 atom stereocenters. The number of rotatable bonds is 7.